The number of hydrogen-bond donors (Lipinski definition) is 0. The highest BCUT2D eigenvalue weighted by Crippen LogP contribution is 2.15. The Morgan fingerprint density at radius 2 is 1.76 bits per heavy atom. The van der Waals surface area contributed by atoms with Crippen molar-refractivity contribution < 1.29 is 0 Å². The maximum Gasteiger partial charge on any atom is 0.0701 e. The first kappa shape index (κ1) is 15.4. The summed E-state index contributed by atoms with van der Waals surface area (Å²) < 4.78 is 0. The van der Waals surface area contributed by atoms with Gasteiger partial charge in [0.05, 0.1) is 5.69 Å². The standard InChI is InChI=1S/C12H11N.2C2H6/c1-2-4-8-11(7-3-1)12-9-5-6-10-13-12;2*1-2/h1,3-10H,2H2;2*1-2H3. The van der Waals surface area contributed by atoms with Crippen molar-refractivity contribution in [2.45, 2.75) is 34.1 Å². The lowest BCUT2D eigenvalue weighted by atomic mass is 10.1. The van der Waals surface area contributed by atoms with Crippen molar-refractivity contribution in [3.05, 3.63) is 60.5 Å². The minimum atomic E-state index is 1.01. The summed E-state index contributed by atoms with van der Waals surface area (Å²) in [6.07, 6.45) is 13.4. The van der Waals surface area contributed by atoms with E-state index in [1.165, 1.54) is 5.57 Å². The number of aromatic nitrogens is 1. The maximum atomic E-state index is 4.29. The van der Waals surface area contributed by atoms with Gasteiger partial charge >= 0.3 is 0 Å². The molecule has 1 heterocycles. The number of nitrogens with zero attached hydrogens (tertiary/aromatic N) is 1. The van der Waals surface area contributed by atoms with E-state index in [1.807, 2.05) is 52.1 Å². The van der Waals surface area contributed by atoms with Crippen molar-refractivity contribution in [2.75, 3.05) is 0 Å². The first-order valence-corrected chi connectivity index (χ1v) is 6.41. The molecule has 17 heavy (non-hydrogen) atoms. The van der Waals surface area contributed by atoms with Crippen LogP contribution < -0.4 is 0 Å². The van der Waals surface area contributed by atoms with E-state index in [9.17, 15) is 0 Å². The van der Waals surface area contributed by atoms with E-state index < -0.39 is 0 Å². The fourth-order valence-electron chi connectivity index (χ4n) is 1.28. The van der Waals surface area contributed by atoms with Crippen molar-refractivity contribution in [2.24, 2.45) is 0 Å². The topological polar surface area (TPSA) is 12.9 Å². The number of hydrogen-bond acceptors (Lipinski definition) is 1. The minimum Gasteiger partial charge on any atom is -0.256 e. The van der Waals surface area contributed by atoms with Crippen LogP contribution in [0.5, 0.6) is 0 Å². The molecule has 0 saturated carbocycles. The molecular formula is C16H23N. The predicted molar refractivity (Wildman–Crippen MR) is 77.8 cm³/mol. The quantitative estimate of drug-likeness (QED) is 0.658. The summed E-state index contributed by atoms with van der Waals surface area (Å²) in [7, 11) is 0. The molecule has 1 aromatic heterocycles. The van der Waals surface area contributed by atoms with Crippen molar-refractivity contribution in [3.63, 3.8) is 0 Å². The van der Waals surface area contributed by atoms with Gasteiger partial charge in [-0.3, -0.25) is 4.98 Å². The van der Waals surface area contributed by atoms with Crippen molar-refractivity contribution >= 4 is 5.57 Å². The third-order valence-electron chi connectivity index (χ3n) is 1.94. The van der Waals surface area contributed by atoms with Crippen LogP contribution in [0.3, 0.4) is 0 Å². The fourth-order valence-corrected chi connectivity index (χ4v) is 1.28. The summed E-state index contributed by atoms with van der Waals surface area (Å²) in [5.41, 5.74) is 2.21. The highest BCUT2D eigenvalue weighted by Gasteiger charge is 1.97. The van der Waals surface area contributed by atoms with Crippen molar-refractivity contribution in [1.82, 2.24) is 4.98 Å². The van der Waals surface area contributed by atoms with Gasteiger partial charge in [-0.25, -0.2) is 0 Å². The van der Waals surface area contributed by atoms with Gasteiger partial charge in [-0.2, -0.15) is 0 Å². The van der Waals surface area contributed by atoms with Gasteiger partial charge < -0.3 is 0 Å². The van der Waals surface area contributed by atoms with E-state index in [4.69, 9.17) is 0 Å². The molecule has 0 saturated heterocycles. The van der Waals surface area contributed by atoms with Crippen molar-refractivity contribution in [3.8, 4) is 0 Å². The zero-order valence-corrected chi connectivity index (χ0v) is 11.4. The van der Waals surface area contributed by atoms with Crippen LogP contribution in [0.25, 0.3) is 5.57 Å². The largest absolute Gasteiger partial charge is 0.256 e. The number of allylic oxidation sites excluding steroid dienone is 6. The average Bonchev–Trinajstić information content (AvgIpc) is 2.73. The summed E-state index contributed by atoms with van der Waals surface area (Å²) in [6, 6.07) is 5.96. The van der Waals surface area contributed by atoms with Crippen LogP contribution in [0, 0.1) is 0 Å². The Labute approximate surface area is 106 Å². The first-order chi connectivity index (χ1) is 8.47. The molecule has 2 rings (SSSR count). The molecule has 0 unspecified atom stereocenters. The fraction of sp³-hybridized carbons (Fsp3) is 0.312. The molecule has 1 aliphatic carbocycles. The predicted octanol–water partition coefficient (Wildman–Crippen LogP) is 5.03. The molecule has 0 aromatic carbocycles. The summed E-state index contributed by atoms with van der Waals surface area (Å²) in [5.74, 6) is 0. The zero-order chi connectivity index (χ0) is 12.9. The van der Waals surface area contributed by atoms with Crippen LogP contribution in [0.4, 0.5) is 0 Å². The van der Waals surface area contributed by atoms with Crippen LogP contribution in [0.2, 0.25) is 0 Å². The maximum absolute atomic E-state index is 4.29. The Bertz CT molecular complexity index is 358. The third kappa shape index (κ3) is 5.86. The number of rotatable bonds is 1. The lowest BCUT2D eigenvalue weighted by Crippen LogP contribution is -1.83. The highest BCUT2D eigenvalue weighted by atomic mass is 14.7. The normalized spacial score (nSPS) is 12.4. The second kappa shape index (κ2) is 10.9. The van der Waals surface area contributed by atoms with E-state index >= 15 is 0 Å². The van der Waals surface area contributed by atoms with Crippen molar-refractivity contribution in [1.29, 1.82) is 0 Å². The zero-order valence-electron chi connectivity index (χ0n) is 11.4. The van der Waals surface area contributed by atoms with E-state index in [0.29, 0.717) is 0 Å². The van der Waals surface area contributed by atoms with Gasteiger partial charge in [0.15, 0.2) is 0 Å². The monoisotopic (exact) mass is 229 g/mol. The molecule has 0 fully saturated rings. The summed E-state index contributed by atoms with van der Waals surface area (Å²) in [6.45, 7) is 8.00. The second-order valence-corrected chi connectivity index (χ2v) is 2.90. The Morgan fingerprint density at radius 3 is 2.41 bits per heavy atom. The molecule has 0 aliphatic heterocycles. The Balaban J connectivity index is 0.000000581. The van der Waals surface area contributed by atoms with Gasteiger partial charge in [0.2, 0.25) is 0 Å². The van der Waals surface area contributed by atoms with Crippen LogP contribution in [-0.4, -0.2) is 4.98 Å². The third-order valence-corrected chi connectivity index (χ3v) is 1.94. The molecule has 0 N–H and O–H groups in total. The molecule has 0 radical (unpaired) electrons. The first-order valence-electron chi connectivity index (χ1n) is 6.41. The molecule has 0 spiro atoms. The van der Waals surface area contributed by atoms with E-state index in [2.05, 4.69) is 35.4 Å². The van der Waals surface area contributed by atoms with E-state index in [1.54, 1.807) is 0 Å². The Kier molecular flexibility index (Phi) is 9.83. The molecule has 1 heteroatoms. The minimum absolute atomic E-state index is 1.01. The second-order valence-electron chi connectivity index (χ2n) is 2.90. The molecular weight excluding hydrogens is 206 g/mol. The van der Waals surface area contributed by atoms with Crippen LogP contribution in [0.1, 0.15) is 39.8 Å². The molecule has 1 nitrogen and oxygen atoms in total. The molecule has 1 aliphatic rings. The smallest absolute Gasteiger partial charge is 0.0701 e. The van der Waals surface area contributed by atoms with Gasteiger partial charge in [-0.05, 0) is 24.1 Å². The summed E-state index contributed by atoms with van der Waals surface area (Å²) >= 11 is 0. The number of pyridine rings is 1. The lowest BCUT2D eigenvalue weighted by Gasteiger charge is -1.98. The SMILES string of the molecule is C1=CCC=CC(c2ccccn2)=C1.CC.CC. The van der Waals surface area contributed by atoms with Crippen LogP contribution in [-0.2, 0) is 0 Å². The summed E-state index contributed by atoms with van der Waals surface area (Å²) in [5, 5.41) is 0. The lowest BCUT2D eigenvalue weighted by molar-refractivity contribution is 1.28. The van der Waals surface area contributed by atoms with E-state index in [0.717, 1.165) is 12.1 Å². The van der Waals surface area contributed by atoms with Gasteiger partial charge in [-0.1, -0.05) is 64.1 Å². The van der Waals surface area contributed by atoms with Gasteiger partial charge in [0.25, 0.3) is 0 Å². The Morgan fingerprint density at radius 1 is 1.00 bits per heavy atom. The molecule has 0 atom stereocenters. The van der Waals surface area contributed by atoms with Gasteiger partial charge in [0, 0.05) is 6.20 Å². The van der Waals surface area contributed by atoms with E-state index in [-0.39, 0.29) is 0 Å². The summed E-state index contributed by atoms with van der Waals surface area (Å²) in [4.78, 5) is 4.29. The molecule has 92 valence electrons. The molecule has 0 amide bonds. The van der Waals surface area contributed by atoms with Gasteiger partial charge in [0.1, 0.15) is 0 Å². The highest BCUT2D eigenvalue weighted by molar-refractivity contribution is 5.73. The average molecular weight is 229 g/mol. The Hall–Kier alpha value is -1.63. The molecule has 0 bridgehead atoms. The van der Waals surface area contributed by atoms with Gasteiger partial charge in [-0.15, -0.1) is 0 Å². The van der Waals surface area contributed by atoms with Crippen LogP contribution >= 0.6 is 0 Å². The molecule has 1 aromatic rings. The van der Waals surface area contributed by atoms with Crippen LogP contribution in [0.15, 0.2) is 54.8 Å².